The molecular weight excluding hydrogens is 709 g/mol. The molecule has 0 bridgehead atoms. The number of pyridine rings is 1. The molecule has 2 aromatic carbocycles. The number of carbonyl (C=O) groups is 5. The molecule has 17 heteroatoms. The molecule has 6 atom stereocenters. The molecule has 4 aliphatic rings. The van der Waals surface area contributed by atoms with Crippen molar-refractivity contribution in [2.75, 3.05) is 5.43 Å². The Kier molecular flexibility index (Phi) is 7.71. The van der Waals surface area contributed by atoms with Crippen LogP contribution in [0.3, 0.4) is 0 Å². The number of rotatable bonds is 4. The first-order valence-corrected chi connectivity index (χ1v) is 15.8. The Morgan fingerprint density at radius 1 is 1.02 bits per heavy atom. The van der Waals surface area contributed by atoms with Gasteiger partial charge >= 0.3 is 12.2 Å². The Hall–Kier alpha value is -5.02. The van der Waals surface area contributed by atoms with Crippen LogP contribution in [0.5, 0.6) is 5.75 Å². The van der Waals surface area contributed by atoms with Crippen molar-refractivity contribution in [2.45, 2.75) is 30.4 Å². The number of fused-ring (bicyclic) bond motifs is 4. The third-order valence-electron chi connectivity index (χ3n) is 10.1. The van der Waals surface area contributed by atoms with Gasteiger partial charge in [0.15, 0.2) is 17.4 Å². The smallest absolute Gasteiger partial charge is 0.417 e. The first kappa shape index (κ1) is 33.5. The molecular formula is C33H23Cl2F4N5O6. The van der Waals surface area contributed by atoms with Crippen LogP contribution in [0.2, 0.25) is 10.0 Å². The van der Waals surface area contributed by atoms with Gasteiger partial charge in [0.25, 0.3) is 11.8 Å². The van der Waals surface area contributed by atoms with E-state index in [-0.39, 0.29) is 29.0 Å². The van der Waals surface area contributed by atoms with Crippen LogP contribution < -0.4 is 11.2 Å². The zero-order valence-corrected chi connectivity index (χ0v) is 26.8. The molecule has 7 rings (SSSR count). The highest BCUT2D eigenvalue weighted by Crippen LogP contribution is 2.65. The number of primary amides is 1. The van der Waals surface area contributed by atoms with Crippen LogP contribution in [-0.2, 0) is 30.8 Å². The summed E-state index contributed by atoms with van der Waals surface area (Å²) < 4.78 is 55.2. The molecule has 3 fully saturated rings. The molecule has 2 aliphatic heterocycles. The van der Waals surface area contributed by atoms with E-state index in [1.165, 1.54) is 36.4 Å². The third-order valence-corrected chi connectivity index (χ3v) is 10.6. The van der Waals surface area contributed by atoms with Crippen molar-refractivity contribution in [1.29, 1.82) is 0 Å². The summed E-state index contributed by atoms with van der Waals surface area (Å²) in [6, 6.07) is 8.75. The summed E-state index contributed by atoms with van der Waals surface area (Å²) in [4.78, 5) is 72.6. The number of benzene rings is 2. The first-order chi connectivity index (χ1) is 23.6. The predicted octanol–water partition coefficient (Wildman–Crippen LogP) is 5.32. The summed E-state index contributed by atoms with van der Waals surface area (Å²) in [7, 11) is 0. The molecule has 6 unspecified atom stereocenters. The summed E-state index contributed by atoms with van der Waals surface area (Å²) in [5, 5.41) is 11.4. The second kappa shape index (κ2) is 11.5. The number of urea groups is 1. The van der Waals surface area contributed by atoms with Crippen LogP contribution in [0.4, 0.5) is 28.2 Å². The number of hydrazine groups is 1. The summed E-state index contributed by atoms with van der Waals surface area (Å²) in [6.07, 6.45) is -3.10. The van der Waals surface area contributed by atoms with Crippen molar-refractivity contribution in [2.24, 2.45) is 29.4 Å². The van der Waals surface area contributed by atoms with Gasteiger partial charge in [-0.05, 0) is 48.6 Å². The molecule has 258 valence electrons. The lowest BCUT2D eigenvalue weighted by atomic mass is 9.49. The minimum Gasteiger partial charge on any atom is -0.505 e. The number of alkyl halides is 3. The topological polar surface area (TPSA) is 163 Å². The van der Waals surface area contributed by atoms with Crippen LogP contribution in [0.1, 0.15) is 35.4 Å². The number of nitrogens with zero attached hydrogens (tertiary/aromatic N) is 3. The lowest BCUT2D eigenvalue weighted by molar-refractivity contribution is -0.140. The number of allylic oxidation sites excluding steroid dienone is 2. The Morgan fingerprint density at radius 2 is 1.72 bits per heavy atom. The number of likely N-dealkylation sites (tertiary alicyclic amines) is 1. The maximum Gasteiger partial charge on any atom is 0.417 e. The maximum atomic E-state index is 15.1. The molecule has 50 heavy (non-hydrogen) atoms. The highest BCUT2D eigenvalue weighted by atomic mass is 35.5. The van der Waals surface area contributed by atoms with Gasteiger partial charge in [-0.1, -0.05) is 59.1 Å². The van der Waals surface area contributed by atoms with Crippen LogP contribution >= 0.6 is 23.2 Å². The normalized spacial score (nSPS) is 27.6. The lowest BCUT2D eigenvalue weighted by Crippen LogP contribution is -2.53. The minimum atomic E-state index is -4.80. The van der Waals surface area contributed by atoms with Crippen molar-refractivity contribution in [3.63, 3.8) is 0 Å². The number of halogens is 6. The fraction of sp³-hybridized carbons (Fsp3) is 0.273. The number of nitrogens with one attached hydrogen (secondary N) is 1. The van der Waals surface area contributed by atoms with E-state index in [0.717, 1.165) is 6.07 Å². The number of imide groups is 4. The highest BCUT2D eigenvalue weighted by Gasteiger charge is 2.71. The number of aromatic nitrogens is 1. The van der Waals surface area contributed by atoms with Crippen molar-refractivity contribution >= 4 is 58.7 Å². The average molecular weight is 732 g/mol. The molecule has 2 saturated heterocycles. The van der Waals surface area contributed by atoms with Crippen molar-refractivity contribution < 1.29 is 46.6 Å². The van der Waals surface area contributed by atoms with Crippen molar-refractivity contribution in [3.8, 4) is 5.75 Å². The third kappa shape index (κ3) is 4.70. The molecule has 6 amide bonds. The van der Waals surface area contributed by atoms with Gasteiger partial charge < -0.3 is 10.8 Å². The number of phenols is 1. The van der Waals surface area contributed by atoms with E-state index in [9.17, 15) is 37.5 Å². The molecule has 0 spiro atoms. The molecule has 3 aromatic rings. The number of para-hydroxylation sites is 1. The standard InChI is InChI=1S/C33H23Cl2F4N5O6/c34-15-6-4-13(5-7-15)32-20(28(47)44(30(32)49)42-26-21(35)10-14(12-41-26)33(37,38)39)11-19-16(24(32)18-2-1-3-22(36)25(18)45)8-9-17-23(19)29(48)43(27(17)46)31(40)50/h1-8,10,12,17,19-20,23-24,45H,9,11H2,(H2,40,50)(H,41,42). The van der Waals surface area contributed by atoms with Gasteiger partial charge in [-0.25, -0.2) is 14.2 Å². The van der Waals surface area contributed by atoms with Crippen molar-refractivity contribution in [3.05, 3.63) is 98.9 Å². The van der Waals surface area contributed by atoms with E-state index in [4.69, 9.17) is 28.9 Å². The number of amides is 6. The van der Waals surface area contributed by atoms with E-state index in [1.54, 1.807) is 6.08 Å². The second-order valence-electron chi connectivity index (χ2n) is 12.4. The Balaban J connectivity index is 1.45. The number of hydrogen-bond donors (Lipinski definition) is 3. The SMILES string of the molecule is NC(=O)N1C(=O)C2CC=C3C(CC4C(=O)N(Nc5ncc(C(F)(F)F)cc5Cl)C(=O)C4(c4ccc(Cl)cc4)C3c3cccc(F)c3O)C2C1=O. The van der Waals surface area contributed by atoms with Crippen LogP contribution in [0.25, 0.3) is 0 Å². The van der Waals surface area contributed by atoms with Crippen LogP contribution in [0, 0.1) is 29.5 Å². The Bertz CT molecular complexity index is 2060. The number of anilines is 1. The van der Waals surface area contributed by atoms with Gasteiger partial charge in [0.1, 0.15) is 0 Å². The Labute approximate surface area is 289 Å². The van der Waals surface area contributed by atoms with E-state index in [1.807, 2.05) is 0 Å². The van der Waals surface area contributed by atoms with Crippen LogP contribution in [-0.4, -0.2) is 49.7 Å². The van der Waals surface area contributed by atoms with Crippen LogP contribution in [0.15, 0.2) is 66.4 Å². The van der Waals surface area contributed by atoms with E-state index >= 15 is 9.18 Å². The summed E-state index contributed by atoms with van der Waals surface area (Å²) in [5.74, 6) is -12.0. The average Bonchev–Trinajstić information content (AvgIpc) is 3.44. The second-order valence-corrected chi connectivity index (χ2v) is 13.3. The quantitative estimate of drug-likeness (QED) is 0.185. The molecule has 2 aliphatic carbocycles. The van der Waals surface area contributed by atoms with Gasteiger partial charge in [0.2, 0.25) is 11.8 Å². The summed E-state index contributed by atoms with van der Waals surface area (Å²) in [6.45, 7) is 0. The monoisotopic (exact) mass is 731 g/mol. The van der Waals surface area contributed by atoms with Gasteiger partial charge in [-0.15, -0.1) is 0 Å². The summed E-state index contributed by atoms with van der Waals surface area (Å²) in [5.41, 5.74) is 5.04. The zero-order valence-electron chi connectivity index (χ0n) is 25.2. The Morgan fingerprint density at radius 3 is 2.36 bits per heavy atom. The molecule has 1 aromatic heterocycles. The molecule has 0 radical (unpaired) electrons. The van der Waals surface area contributed by atoms with Gasteiger partial charge in [0, 0.05) is 22.7 Å². The predicted molar refractivity (Wildman–Crippen MR) is 166 cm³/mol. The van der Waals surface area contributed by atoms with E-state index in [2.05, 4.69) is 10.4 Å². The van der Waals surface area contributed by atoms with E-state index in [0.29, 0.717) is 27.7 Å². The summed E-state index contributed by atoms with van der Waals surface area (Å²) >= 11 is 12.3. The van der Waals surface area contributed by atoms with Crippen molar-refractivity contribution in [1.82, 2.24) is 14.9 Å². The molecule has 4 N–H and O–H groups in total. The maximum absolute atomic E-state index is 15.1. The van der Waals surface area contributed by atoms with E-state index < -0.39 is 98.8 Å². The number of aromatic hydroxyl groups is 1. The van der Waals surface area contributed by atoms with Gasteiger partial charge in [0.05, 0.1) is 33.8 Å². The molecule has 11 nitrogen and oxygen atoms in total. The zero-order chi connectivity index (χ0) is 36.0. The first-order valence-electron chi connectivity index (χ1n) is 15.1. The number of hydrogen-bond acceptors (Lipinski definition) is 8. The van der Waals surface area contributed by atoms with Gasteiger partial charge in [-0.2, -0.15) is 23.1 Å². The number of nitrogens with two attached hydrogens (primary N) is 1. The highest BCUT2D eigenvalue weighted by molar-refractivity contribution is 6.33. The lowest BCUT2D eigenvalue weighted by Gasteiger charge is -2.50. The number of phenolic OH excluding ortho intramolecular Hbond substituents is 1. The largest absolute Gasteiger partial charge is 0.505 e. The number of carbonyl (C=O) groups excluding carboxylic acids is 5. The minimum absolute atomic E-state index is 0.0893. The fourth-order valence-corrected chi connectivity index (χ4v) is 8.44. The molecule has 1 saturated carbocycles. The molecule has 3 heterocycles. The fourth-order valence-electron chi connectivity index (χ4n) is 8.11. The van der Waals surface area contributed by atoms with Gasteiger partial charge in [-0.3, -0.25) is 24.6 Å².